The number of carbonyl (C=O) groups is 2. The van der Waals surface area contributed by atoms with Crippen molar-refractivity contribution in [3.63, 3.8) is 0 Å². The van der Waals surface area contributed by atoms with E-state index in [9.17, 15) is 9.59 Å². The van der Waals surface area contributed by atoms with E-state index in [0.29, 0.717) is 16.3 Å². The van der Waals surface area contributed by atoms with Gasteiger partial charge in [0.05, 0.1) is 5.56 Å². The standard InChI is InChI=1S/C12H15ClN2O3/c1-7(12(17)18)14-10-6-8(13)4-5-9(10)11(16)15(2)3/h4-7,14H,1-3H3,(H,17,18). The quantitative estimate of drug-likeness (QED) is 0.877. The third kappa shape index (κ3) is 3.37. The molecule has 0 aliphatic carbocycles. The molecule has 0 bridgehead atoms. The molecule has 0 fully saturated rings. The van der Waals surface area contributed by atoms with Gasteiger partial charge in [-0.2, -0.15) is 0 Å². The van der Waals surface area contributed by atoms with Gasteiger partial charge in [0.1, 0.15) is 6.04 Å². The zero-order valence-corrected chi connectivity index (χ0v) is 11.2. The SMILES string of the molecule is CC(Nc1cc(Cl)ccc1C(=O)N(C)C)C(=O)O. The first-order valence-electron chi connectivity index (χ1n) is 5.33. The maximum absolute atomic E-state index is 11.9. The molecule has 0 saturated carbocycles. The van der Waals surface area contributed by atoms with Gasteiger partial charge in [0.25, 0.3) is 5.91 Å². The van der Waals surface area contributed by atoms with Gasteiger partial charge in [0, 0.05) is 24.8 Å². The molecular weight excluding hydrogens is 256 g/mol. The lowest BCUT2D eigenvalue weighted by atomic mass is 10.1. The Morgan fingerprint density at radius 2 is 2.00 bits per heavy atom. The van der Waals surface area contributed by atoms with Crippen LogP contribution in [0.2, 0.25) is 5.02 Å². The summed E-state index contributed by atoms with van der Waals surface area (Å²) in [6.07, 6.45) is 0. The normalized spacial score (nSPS) is 11.8. The van der Waals surface area contributed by atoms with Gasteiger partial charge in [0.15, 0.2) is 0 Å². The predicted molar refractivity (Wildman–Crippen MR) is 70.2 cm³/mol. The lowest BCUT2D eigenvalue weighted by Crippen LogP contribution is -2.28. The topological polar surface area (TPSA) is 69.6 Å². The minimum Gasteiger partial charge on any atom is -0.480 e. The maximum Gasteiger partial charge on any atom is 0.325 e. The summed E-state index contributed by atoms with van der Waals surface area (Å²) in [5.41, 5.74) is 0.800. The van der Waals surface area contributed by atoms with Crippen LogP contribution in [0.1, 0.15) is 17.3 Å². The summed E-state index contributed by atoms with van der Waals surface area (Å²) in [6, 6.07) is 3.89. The molecule has 5 nitrogen and oxygen atoms in total. The highest BCUT2D eigenvalue weighted by Gasteiger charge is 2.17. The van der Waals surface area contributed by atoms with Crippen LogP contribution in [0.5, 0.6) is 0 Å². The van der Waals surface area contributed by atoms with Crippen molar-refractivity contribution in [2.75, 3.05) is 19.4 Å². The van der Waals surface area contributed by atoms with Crippen molar-refractivity contribution >= 4 is 29.2 Å². The van der Waals surface area contributed by atoms with Crippen molar-refractivity contribution in [2.45, 2.75) is 13.0 Å². The highest BCUT2D eigenvalue weighted by Crippen LogP contribution is 2.22. The molecule has 6 heteroatoms. The number of hydrogen-bond donors (Lipinski definition) is 2. The molecule has 1 rings (SSSR count). The molecule has 1 unspecified atom stereocenters. The van der Waals surface area contributed by atoms with E-state index in [0.717, 1.165) is 0 Å². The van der Waals surface area contributed by atoms with Crippen LogP contribution in [0.25, 0.3) is 0 Å². The first kappa shape index (κ1) is 14.3. The Hall–Kier alpha value is -1.75. The largest absolute Gasteiger partial charge is 0.480 e. The van der Waals surface area contributed by atoms with Gasteiger partial charge < -0.3 is 15.3 Å². The van der Waals surface area contributed by atoms with Crippen molar-refractivity contribution < 1.29 is 14.7 Å². The van der Waals surface area contributed by atoms with Crippen LogP contribution < -0.4 is 5.32 Å². The van der Waals surface area contributed by atoms with E-state index in [1.54, 1.807) is 26.2 Å². The van der Waals surface area contributed by atoms with Crippen molar-refractivity contribution in [2.24, 2.45) is 0 Å². The number of carbonyl (C=O) groups excluding carboxylic acids is 1. The summed E-state index contributed by atoms with van der Waals surface area (Å²) < 4.78 is 0. The average molecular weight is 271 g/mol. The Kier molecular flexibility index (Phi) is 4.55. The van der Waals surface area contributed by atoms with Crippen LogP contribution in [-0.2, 0) is 4.79 Å². The van der Waals surface area contributed by atoms with Gasteiger partial charge in [-0.1, -0.05) is 11.6 Å². The van der Waals surface area contributed by atoms with E-state index in [-0.39, 0.29) is 5.91 Å². The van der Waals surface area contributed by atoms with Crippen molar-refractivity contribution in [3.8, 4) is 0 Å². The monoisotopic (exact) mass is 270 g/mol. The predicted octanol–water partition coefficient (Wildman–Crippen LogP) is 1.93. The number of rotatable bonds is 4. The lowest BCUT2D eigenvalue weighted by molar-refractivity contribution is -0.137. The first-order chi connectivity index (χ1) is 8.32. The number of halogens is 1. The highest BCUT2D eigenvalue weighted by atomic mass is 35.5. The van der Waals surface area contributed by atoms with Gasteiger partial charge in [-0.05, 0) is 25.1 Å². The third-order valence-electron chi connectivity index (χ3n) is 2.36. The van der Waals surface area contributed by atoms with Crippen LogP contribution in [0, 0.1) is 0 Å². The fraction of sp³-hybridized carbons (Fsp3) is 0.333. The second kappa shape index (κ2) is 5.73. The molecule has 1 aromatic carbocycles. The van der Waals surface area contributed by atoms with Crippen molar-refractivity contribution in [1.29, 1.82) is 0 Å². The molecule has 1 amide bonds. The summed E-state index contributed by atoms with van der Waals surface area (Å²) in [6.45, 7) is 1.49. The summed E-state index contributed by atoms with van der Waals surface area (Å²) >= 11 is 5.85. The Morgan fingerprint density at radius 3 is 2.50 bits per heavy atom. The number of hydrogen-bond acceptors (Lipinski definition) is 3. The maximum atomic E-state index is 11.9. The van der Waals surface area contributed by atoms with Crippen LogP contribution in [0.15, 0.2) is 18.2 Å². The summed E-state index contributed by atoms with van der Waals surface area (Å²) in [5.74, 6) is -1.22. The fourth-order valence-electron chi connectivity index (χ4n) is 1.36. The number of nitrogens with zero attached hydrogens (tertiary/aromatic N) is 1. The van der Waals surface area contributed by atoms with Gasteiger partial charge >= 0.3 is 5.97 Å². The number of aliphatic carboxylic acids is 1. The second-order valence-corrected chi connectivity index (χ2v) is 4.53. The molecular formula is C12H15ClN2O3. The Morgan fingerprint density at radius 1 is 1.39 bits per heavy atom. The van der Waals surface area contributed by atoms with E-state index >= 15 is 0 Å². The molecule has 0 aliphatic rings. The number of anilines is 1. The fourth-order valence-corrected chi connectivity index (χ4v) is 1.53. The zero-order chi connectivity index (χ0) is 13.9. The minimum atomic E-state index is -1.00. The first-order valence-corrected chi connectivity index (χ1v) is 5.71. The minimum absolute atomic E-state index is 0.216. The van der Waals surface area contributed by atoms with E-state index in [2.05, 4.69) is 5.32 Å². The molecule has 0 aliphatic heterocycles. The Bertz CT molecular complexity index is 474. The summed E-state index contributed by atoms with van der Waals surface area (Å²) in [4.78, 5) is 24.2. The molecule has 18 heavy (non-hydrogen) atoms. The number of carboxylic acids is 1. The molecule has 0 aromatic heterocycles. The van der Waals surface area contributed by atoms with E-state index < -0.39 is 12.0 Å². The number of nitrogens with one attached hydrogen (secondary N) is 1. The van der Waals surface area contributed by atoms with Gasteiger partial charge in [-0.25, -0.2) is 0 Å². The highest BCUT2D eigenvalue weighted by molar-refractivity contribution is 6.31. The van der Waals surface area contributed by atoms with Gasteiger partial charge in [0.2, 0.25) is 0 Å². The molecule has 0 radical (unpaired) electrons. The Balaban J connectivity index is 3.12. The van der Waals surface area contributed by atoms with Gasteiger partial charge in [-0.3, -0.25) is 9.59 Å². The van der Waals surface area contributed by atoms with Gasteiger partial charge in [-0.15, -0.1) is 0 Å². The molecule has 1 aromatic rings. The molecule has 0 saturated heterocycles. The number of amides is 1. The second-order valence-electron chi connectivity index (χ2n) is 4.09. The number of benzene rings is 1. The average Bonchev–Trinajstić information content (AvgIpc) is 2.28. The Labute approximate surface area is 110 Å². The van der Waals surface area contributed by atoms with Crippen molar-refractivity contribution in [3.05, 3.63) is 28.8 Å². The number of carboxylic acid groups (broad SMARTS) is 1. The molecule has 1 atom stereocenters. The van der Waals surface area contributed by atoms with Crippen LogP contribution in [0.3, 0.4) is 0 Å². The van der Waals surface area contributed by atoms with Crippen LogP contribution in [-0.4, -0.2) is 42.0 Å². The molecule has 2 N–H and O–H groups in total. The molecule has 0 spiro atoms. The van der Waals surface area contributed by atoms with E-state index in [1.165, 1.54) is 17.9 Å². The lowest BCUT2D eigenvalue weighted by Gasteiger charge is -2.17. The zero-order valence-electron chi connectivity index (χ0n) is 10.4. The third-order valence-corrected chi connectivity index (χ3v) is 2.60. The summed E-state index contributed by atoms with van der Waals surface area (Å²) in [7, 11) is 3.25. The van der Waals surface area contributed by atoms with Crippen LogP contribution >= 0.6 is 11.6 Å². The van der Waals surface area contributed by atoms with E-state index in [4.69, 9.17) is 16.7 Å². The summed E-state index contributed by atoms with van der Waals surface area (Å²) in [5, 5.41) is 12.1. The van der Waals surface area contributed by atoms with E-state index in [1.807, 2.05) is 0 Å². The van der Waals surface area contributed by atoms with Crippen LogP contribution in [0.4, 0.5) is 5.69 Å². The smallest absolute Gasteiger partial charge is 0.325 e. The molecule has 98 valence electrons. The van der Waals surface area contributed by atoms with Crippen molar-refractivity contribution in [1.82, 2.24) is 4.90 Å². The molecule has 0 heterocycles.